The van der Waals surface area contributed by atoms with E-state index in [-0.39, 0.29) is 11.9 Å². The van der Waals surface area contributed by atoms with Crippen molar-refractivity contribution < 1.29 is 14.3 Å². The average Bonchev–Trinajstić information content (AvgIpc) is 2.56. The van der Waals surface area contributed by atoms with Crippen LogP contribution in [0, 0.1) is 20.8 Å². The van der Waals surface area contributed by atoms with Gasteiger partial charge in [0.25, 0.3) is 5.91 Å². The van der Waals surface area contributed by atoms with Gasteiger partial charge in [-0.25, -0.2) is 0 Å². The maximum Gasteiger partial charge on any atom is 0.259 e. The van der Waals surface area contributed by atoms with Crippen molar-refractivity contribution in [3.8, 4) is 11.5 Å². The minimum Gasteiger partial charge on any atom is -0.496 e. The molecule has 1 amide bonds. The molecule has 0 saturated heterocycles. The molecule has 0 aliphatic heterocycles. The summed E-state index contributed by atoms with van der Waals surface area (Å²) in [5.74, 6) is 0.779. The van der Waals surface area contributed by atoms with Gasteiger partial charge in [-0.05, 0) is 62.1 Å². The molecular formula is C20H25NO3. The van der Waals surface area contributed by atoms with Gasteiger partial charge in [-0.1, -0.05) is 18.2 Å². The molecular weight excluding hydrogens is 302 g/mol. The molecule has 1 atom stereocenters. The van der Waals surface area contributed by atoms with Crippen LogP contribution in [0.4, 0.5) is 0 Å². The average molecular weight is 327 g/mol. The Kier molecular flexibility index (Phi) is 5.50. The Bertz CT molecular complexity index is 731. The number of carbonyl (C=O) groups excluding carboxylic acids is 1. The Balaban J connectivity index is 2.32. The molecule has 0 radical (unpaired) electrons. The van der Waals surface area contributed by atoms with Crippen molar-refractivity contribution in [2.24, 2.45) is 0 Å². The van der Waals surface area contributed by atoms with Crippen LogP contribution in [0.15, 0.2) is 30.3 Å². The third-order valence-electron chi connectivity index (χ3n) is 4.35. The summed E-state index contributed by atoms with van der Waals surface area (Å²) >= 11 is 0. The summed E-state index contributed by atoms with van der Waals surface area (Å²) in [6, 6.07) is 9.47. The first-order valence-corrected chi connectivity index (χ1v) is 7.98. The van der Waals surface area contributed by atoms with Crippen LogP contribution in [0.2, 0.25) is 0 Å². The predicted octanol–water partition coefficient (Wildman–Crippen LogP) is 4.12. The lowest BCUT2D eigenvalue weighted by atomic mass is 9.96. The van der Waals surface area contributed by atoms with E-state index in [1.165, 1.54) is 11.1 Å². The van der Waals surface area contributed by atoms with Gasteiger partial charge >= 0.3 is 0 Å². The van der Waals surface area contributed by atoms with E-state index in [1.54, 1.807) is 32.4 Å². The second kappa shape index (κ2) is 7.39. The predicted molar refractivity (Wildman–Crippen MR) is 96.1 cm³/mol. The molecule has 2 aromatic carbocycles. The number of hydrogen-bond donors (Lipinski definition) is 1. The van der Waals surface area contributed by atoms with Crippen LogP contribution in [-0.4, -0.2) is 20.1 Å². The lowest BCUT2D eigenvalue weighted by molar-refractivity contribution is 0.0933. The largest absolute Gasteiger partial charge is 0.496 e. The molecule has 2 rings (SSSR count). The first-order chi connectivity index (χ1) is 11.4. The van der Waals surface area contributed by atoms with Crippen LogP contribution < -0.4 is 14.8 Å². The van der Waals surface area contributed by atoms with E-state index < -0.39 is 0 Å². The zero-order valence-electron chi connectivity index (χ0n) is 15.2. The van der Waals surface area contributed by atoms with Crippen molar-refractivity contribution in [3.63, 3.8) is 0 Å². The number of amides is 1. The second-order valence-electron chi connectivity index (χ2n) is 6.03. The van der Waals surface area contributed by atoms with Crippen LogP contribution >= 0.6 is 0 Å². The molecule has 128 valence electrons. The molecule has 0 heterocycles. The molecule has 0 spiro atoms. The zero-order chi connectivity index (χ0) is 17.9. The van der Waals surface area contributed by atoms with E-state index in [9.17, 15) is 4.79 Å². The molecule has 0 saturated carbocycles. The fourth-order valence-electron chi connectivity index (χ4n) is 2.87. The summed E-state index contributed by atoms with van der Waals surface area (Å²) < 4.78 is 10.6. The fraction of sp³-hybridized carbons (Fsp3) is 0.350. The Morgan fingerprint density at radius 1 is 0.958 bits per heavy atom. The molecule has 0 bridgehead atoms. The summed E-state index contributed by atoms with van der Waals surface area (Å²) in [5, 5.41) is 3.05. The maximum absolute atomic E-state index is 12.8. The van der Waals surface area contributed by atoms with Crippen LogP contribution in [0.5, 0.6) is 11.5 Å². The van der Waals surface area contributed by atoms with Gasteiger partial charge in [0, 0.05) is 0 Å². The normalized spacial score (nSPS) is 11.8. The number of hydrogen-bond acceptors (Lipinski definition) is 3. The zero-order valence-corrected chi connectivity index (χ0v) is 15.2. The molecule has 0 fully saturated rings. The summed E-state index contributed by atoms with van der Waals surface area (Å²) in [5.41, 5.74) is 5.15. The smallest absolute Gasteiger partial charge is 0.259 e. The number of carbonyl (C=O) groups is 1. The summed E-state index contributed by atoms with van der Waals surface area (Å²) in [6.45, 7) is 8.22. The lowest BCUT2D eigenvalue weighted by Gasteiger charge is -2.20. The molecule has 1 N–H and O–H groups in total. The second-order valence-corrected chi connectivity index (χ2v) is 6.03. The van der Waals surface area contributed by atoms with Gasteiger partial charge in [0.2, 0.25) is 0 Å². The van der Waals surface area contributed by atoms with Gasteiger partial charge in [0.1, 0.15) is 17.1 Å². The quantitative estimate of drug-likeness (QED) is 0.898. The number of nitrogens with one attached hydrogen (secondary N) is 1. The Labute approximate surface area is 143 Å². The van der Waals surface area contributed by atoms with Crippen molar-refractivity contribution in [2.45, 2.75) is 33.7 Å². The highest BCUT2D eigenvalue weighted by Gasteiger charge is 2.21. The van der Waals surface area contributed by atoms with Crippen molar-refractivity contribution >= 4 is 5.91 Å². The van der Waals surface area contributed by atoms with Crippen LogP contribution in [0.3, 0.4) is 0 Å². The molecule has 0 aliphatic rings. The third kappa shape index (κ3) is 3.53. The number of ether oxygens (including phenoxy) is 2. The van der Waals surface area contributed by atoms with Gasteiger partial charge < -0.3 is 14.8 Å². The van der Waals surface area contributed by atoms with E-state index in [1.807, 2.05) is 6.92 Å². The molecule has 4 nitrogen and oxygen atoms in total. The Morgan fingerprint density at radius 3 is 2.04 bits per heavy atom. The highest BCUT2D eigenvalue weighted by molar-refractivity contribution is 6.00. The third-order valence-corrected chi connectivity index (χ3v) is 4.35. The van der Waals surface area contributed by atoms with E-state index in [4.69, 9.17) is 9.47 Å². The number of rotatable bonds is 5. The number of aryl methyl sites for hydroxylation is 3. The van der Waals surface area contributed by atoms with E-state index in [2.05, 4.69) is 38.2 Å². The standard InChI is InChI=1S/C20H25NO3/c1-12-10-14(3)16(11-13(12)2)15(4)21-20(22)19-17(23-5)8-7-9-18(19)24-6/h7-11,15H,1-6H3,(H,21,22)/t15-/m1/s1. The van der Waals surface area contributed by atoms with Crippen molar-refractivity contribution in [1.29, 1.82) is 0 Å². The van der Waals surface area contributed by atoms with Gasteiger partial charge in [0.15, 0.2) is 0 Å². The topological polar surface area (TPSA) is 47.6 Å². The summed E-state index contributed by atoms with van der Waals surface area (Å²) in [6.07, 6.45) is 0. The van der Waals surface area contributed by atoms with Gasteiger partial charge in [-0.3, -0.25) is 4.79 Å². The lowest BCUT2D eigenvalue weighted by Crippen LogP contribution is -2.28. The fourth-order valence-corrected chi connectivity index (χ4v) is 2.87. The Hall–Kier alpha value is -2.49. The van der Waals surface area contributed by atoms with Crippen molar-refractivity contribution in [2.75, 3.05) is 14.2 Å². The van der Waals surface area contributed by atoms with Crippen LogP contribution in [-0.2, 0) is 0 Å². The summed E-state index contributed by atoms with van der Waals surface area (Å²) in [7, 11) is 3.09. The highest BCUT2D eigenvalue weighted by Crippen LogP contribution is 2.29. The molecule has 0 aliphatic carbocycles. The molecule has 24 heavy (non-hydrogen) atoms. The minimum absolute atomic E-state index is 0.119. The number of benzene rings is 2. The minimum atomic E-state index is -0.213. The van der Waals surface area contributed by atoms with Gasteiger partial charge in [-0.2, -0.15) is 0 Å². The van der Waals surface area contributed by atoms with Crippen molar-refractivity contribution in [1.82, 2.24) is 5.32 Å². The molecule has 2 aromatic rings. The van der Waals surface area contributed by atoms with Crippen LogP contribution in [0.1, 0.15) is 45.6 Å². The van der Waals surface area contributed by atoms with Crippen molar-refractivity contribution in [3.05, 3.63) is 58.1 Å². The highest BCUT2D eigenvalue weighted by atomic mass is 16.5. The first kappa shape index (κ1) is 17.9. The van der Waals surface area contributed by atoms with E-state index in [0.717, 1.165) is 11.1 Å². The molecule has 4 heteroatoms. The van der Waals surface area contributed by atoms with Gasteiger partial charge in [0.05, 0.1) is 20.3 Å². The van der Waals surface area contributed by atoms with E-state index in [0.29, 0.717) is 17.1 Å². The number of methoxy groups -OCH3 is 2. The summed E-state index contributed by atoms with van der Waals surface area (Å²) in [4.78, 5) is 12.8. The molecule has 0 unspecified atom stereocenters. The van der Waals surface area contributed by atoms with Gasteiger partial charge in [-0.15, -0.1) is 0 Å². The first-order valence-electron chi connectivity index (χ1n) is 7.98. The SMILES string of the molecule is COc1cccc(OC)c1C(=O)N[C@H](C)c1cc(C)c(C)cc1C. The van der Waals surface area contributed by atoms with E-state index >= 15 is 0 Å². The molecule has 0 aromatic heterocycles. The maximum atomic E-state index is 12.8. The van der Waals surface area contributed by atoms with Crippen LogP contribution in [0.25, 0.3) is 0 Å². The monoisotopic (exact) mass is 327 g/mol. The Morgan fingerprint density at radius 2 is 1.50 bits per heavy atom.